The van der Waals surface area contributed by atoms with E-state index in [4.69, 9.17) is 9.47 Å². The van der Waals surface area contributed by atoms with Gasteiger partial charge in [0, 0.05) is 0 Å². The van der Waals surface area contributed by atoms with Crippen LogP contribution in [0.25, 0.3) is 0 Å². The molecule has 0 unspecified atom stereocenters. The number of hydrogen-bond acceptors (Lipinski definition) is 8. The van der Waals surface area contributed by atoms with E-state index in [1.807, 2.05) is 0 Å². The lowest BCUT2D eigenvalue weighted by atomic mass is 10.1. The Kier molecular flexibility index (Phi) is 2.00. The molecule has 3 rings (SSSR count). The normalized spacial score (nSPS) is 15.0. The van der Waals surface area contributed by atoms with Crippen LogP contribution in [0.1, 0.15) is 20.7 Å². The molecule has 18 heavy (non-hydrogen) atoms. The van der Waals surface area contributed by atoms with E-state index < -0.39 is 11.9 Å². The van der Waals surface area contributed by atoms with Crippen molar-refractivity contribution in [2.45, 2.75) is 0 Å². The predicted octanol–water partition coefficient (Wildman–Crippen LogP) is -0.886. The molecule has 0 radical (unpaired) electrons. The lowest BCUT2D eigenvalue weighted by Crippen LogP contribution is -2.25. The summed E-state index contributed by atoms with van der Waals surface area (Å²) in [5.41, 5.74) is 0.130. The van der Waals surface area contributed by atoms with Crippen LogP contribution in [0, 0.1) is 0 Å². The fourth-order valence-corrected chi connectivity index (χ4v) is 1.89. The zero-order valence-corrected chi connectivity index (χ0v) is 9.34. The Morgan fingerprint density at radius 3 is 1.56 bits per heavy atom. The Balaban J connectivity index is 2.53. The molecule has 2 aliphatic rings. The van der Waals surface area contributed by atoms with Gasteiger partial charge in [0.2, 0.25) is 0 Å². The largest absolute Gasteiger partial charge is 0.493 e. The quantitative estimate of drug-likeness (QED) is 0.632. The van der Waals surface area contributed by atoms with Crippen molar-refractivity contribution in [2.75, 3.05) is 14.2 Å². The van der Waals surface area contributed by atoms with Gasteiger partial charge < -0.3 is 19.1 Å². The summed E-state index contributed by atoms with van der Waals surface area (Å²) in [6.07, 6.45) is 0. The Morgan fingerprint density at radius 1 is 0.833 bits per heavy atom. The number of carbonyl (C=O) groups is 2. The summed E-state index contributed by atoms with van der Waals surface area (Å²) in [4.78, 5) is 32.3. The zero-order valence-electron chi connectivity index (χ0n) is 9.34. The first-order valence-corrected chi connectivity index (χ1v) is 4.85. The van der Waals surface area contributed by atoms with E-state index in [-0.39, 0.29) is 33.3 Å². The summed E-state index contributed by atoms with van der Waals surface area (Å²) in [6, 6.07) is 0. The second-order valence-corrected chi connectivity index (χ2v) is 3.45. The van der Waals surface area contributed by atoms with Crippen molar-refractivity contribution in [2.24, 2.45) is 10.3 Å². The van der Waals surface area contributed by atoms with E-state index >= 15 is 0 Å². The lowest BCUT2D eigenvalue weighted by molar-refractivity contribution is 0.0538. The fourth-order valence-electron chi connectivity index (χ4n) is 1.89. The monoisotopic (exact) mass is 250 g/mol. The van der Waals surface area contributed by atoms with Crippen molar-refractivity contribution >= 4 is 11.9 Å². The molecule has 0 saturated carbocycles. The molecule has 0 atom stereocenters. The number of ether oxygens (including phenoxy) is 2. The summed E-state index contributed by atoms with van der Waals surface area (Å²) >= 11 is 0. The average Bonchev–Trinajstić information content (AvgIpc) is 2.93. The summed E-state index contributed by atoms with van der Waals surface area (Å²) in [5, 5.41) is 7.34. The predicted molar refractivity (Wildman–Crippen MR) is 52.7 cm³/mol. The van der Waals surface area contributed by atoms with Gasteiger partial charge in [-0.25, -0.2) is 9.59 Å². The molecular weight excluding hydrogens is 244 g/mol. The second kappa shape index (κ2) is 3.42. The van der Waals surface area contributed by atoms with Crippen molar-refractivity contribution < 1.29 is 28.7 Å². The van der Waals surface area contributed by atoms with Crippen LogP contribution in [0.2, 0.25) is 0 Å². The highest BCUT2D eigenvalue weighted by molar-refractivity contribution is 5.99. The van der Waals surface area contributed by atoms with Gasteiger partial charge in [-0.05, 0) is 0 Å². The van der Waals surface area contributed by atoms with Crippen LogP contribution < -0.4 is 20.2 Å². The minimum atomic E-state index is -0.697. The lowest BCUT2D eigenvalue weighted by Gasteiger charge is -2.06. The van der Waals surface area contributed by atoms with Gasteiger partial charge >= 0.3 is 11.9 Å². The van der Waals surface area contributed by atoms with E-state index in [1.165, 1.54) is 14.2 Å². The molecule has 0 saturated heterocycles. The molecule has 0 aliphatic carbocycles. The highest BCUT2D eigenvalue weighted by Gasteiger charge is 2.36. The van der Waals surface area contributed by atoms with Crippen LogP contribution in [0.5, 0.6) is 11.5 Å². The molecule has 1 aromatic rings. The number of benzene rings is 1. The maximum Gasteiger partial charge on any atom is 0.372 e. The van der Waals surface area contributed by atoms with Crippen molar-refractivity contribution in [1.29, 1.82) is 0 Å². The third-order valence-corrected chi connectivity index (χ3v) is 2.61. The van der Waals surface area contributed by atoms with Crippen LogP contribution >= 0.6 is 0 Å². The molecule has 1 aromatic carbocycles. The fraction of sp³-hybridized carbons (Fsp3) is 0.200. The van der Waals surface area contributed by atoms with E-state index in [0.29, 0.717) is 0 Å². The Bertz CT molecular complexity index is 647. The molecule has 2 heterocycles. The van der Waals surface area contributed by atoms with Gasteiger partial charge in [-0.1, -0.05) is 10.3 Å². The topological polar surface area (TPSA) is 95.8 Å². The third kappa shape index (κ3) is 1.09. The highest BCUT2D eigenvalue weighted by Crippen LogP contribution is 2.24. The molecular formula is C10H6N2O6. The summed E-state index contributed by atoms with van der Waals surface area (Å²) in [6.45, 7) is 0. The first-order valence-electron chi connectivity index (χ1n) is 4.85. The summed E-state index contributed by atoms with van der Waals surface area (Å²) < 4.78 is 10.2. The Morgan fingerprint density at radius 2 is 1.22 bits per heavy atom. The van der Waals surface area contributed by atoms with Crippen molar-refractivity contribution in [1.82, 2.24) is 0 Å². The molecule has 0 aromatic heterocycles. The van der Waals surface area contributed by atoms with E-state index in [1.54, 1.807) is 0 Å². The number of fused-ring (bicyclic) bond motifs is 2. The van der Waals surface area contributed by atoms with Crippen molar-refractivity contribution in [3.05, 3.63) is 21.8 Å². The maximum absolute atomic E-state index is 11.6. The highest BCUT2D eigenvalue weighted by atomic mass is 16.7. The number of methoxy groups -OCH3 is 2. The van der Waals surface area contributed by atoms with Crippen molar-refractivity contribution in [3.63, 3.8) is 0 Å². The third-order valence-electron chi connectivity index (χ3n) is 2.61. The maximum atomic E-state index is 11.6. The molecule has 8 nitrogen and oxygen atoms in total. The molecule has 0 bridgehead atoms. The van der Waals surface area contributed by atoms with E-state index in [0.717, 1.165) is 0 Å². The molecule has 8 heteroatoms. The van der Waals surface area contributed by atoms with Gasteiger partial charge in [0.25, 0.3) is 0 Å². The first-order chi connectivity index (χ1) is 8.69. The van der Waals surface area contributed by atoms with Gasteiger partial charge in [-0.3, -0.25) is 0 Å². The Labute approximate surface area is 99.4 Å². The van der Waals surface area contributed by atoms with Crippen LogP contribution in [-0.4, -0.2) is 26.2 Å². The second-order valence-electron chi connectivity index (χ2n) is 3.45. The smallest absolute Gasteiger partial charge is 0.372 e. The van der Waals surface area contributed by atoms with Gasteiger partial charge in [0.15, 0.2) is 22.2 Å². The number of rotatable bonds is 2. The molecule has 0 fully saturated rings. The number of carbonyl (C=O) groups excluding carboxylic acids is 2. The molecule has 0 spiro atoms. The van der Waals surface area contributed by atoms with Crippen LogP contribution in [0.4, 0.5) is 0 Å². The van der Waals surface area contributed by atoms with Gasteiger partial charge in [0.05, 0.1) is 14.2 Å². The summed E-state index contributed by atoms with van der Waals surface area (Å²) in [5.74, 6) is -1.23. The minimum absolute atomic E-state index is 0.0650. The standard InChI is InChI=1S/C10H6N2O6/c1-15-7-3-6(12-17-9(3)13)8(16-2)4-5(7)11-18-10(4)14/h1-2H3. The molecule has 92 valence electrons. The first kappa shape index (κ1) is 10.5. The van der Waals surface area contributed by atoms with Crippen LogP contribution in [0.15, 0.2) is 10.3 Å². The summed E-state index contributed by atoms with van der Waals surface area (Å²) in [7, 11) is 2.68. The molecule has 0 N–H and O–H groups in total. The number of nitrogens with zero attached hydrogens (tertiary/aromatic N) is 2. The minimum Gasteiger partial charge on any atom is -0.493 e. The number of hydrogen-bond donors (Lipinski definition) is 0. The van der Waals surface area contributed by atoms with E-state index in [2.05, 4.69) is 20.0 Å². The molecule has 2 aliphatic heterocycles. The van der Waals surface area contributed by atoms with Gasteiger partial charge in [-0.15, -0.1) is 0 Å². The zero-order chi connectivity index (χ0) is 12.9. The van der Waals surface area contributed by atoms with Crippen LogP contribution in [0.3, 0.4) is 0 Å². The molecule has 0 amide bonds. The Hall–Kier alpha value is -2.64. The van der Waals surface area contributed by atoms with Crippen LogP contribution in [-0.2, 0) is 9.68 Å². The van der Waals surface area contributed by atoms with Gasteiger partial charge in [-0.2, -0.15) is 0 Å². The average molecular weight is 250 g/mol. The van der Waals surface area contributed by atoms with Crippen molar-refractivity contribution in [3.8, 4) is 11.5 Å². The van der Waals surface area contributed by atoms with Gasteiger partial charge in [0.1, 0.15) is 11.1 Å². The van der Waals surface area contributed by atoms with E-state index in [9.17, 15) is 9.59 Å². The SMILES string of the molecule is COc1c2c(c(OC)c3c1=NOC3=O)=NOC2=O.